The van der Waals surface area contributed by atoms with Crippen LogP contribution in [0.1, 0.15) is 22.8 Å². The van der Waals surface area contributed by atoms with Crippen LogP contribution in [0.5, 0.6) is 11.5 Å². The summed E-state index contributed by atoms with van der Waals surface area (Å²) in [5.41, 5.74) is 1.49. The van der Waals surface area contributed by atoms with Crippen LogP contribution in [-0.4, -0.2) is 57.0 Å². The van der Waals surface area contributed by atoms with E-state index in [4.69, 9.17) is 21.1 Å². The third kappa shape index (κ3) is 5.17. The zero-order valence-corrected chi connectivity index (χ0v) is 18.4. The van der Waals surface area contributed by atoms with E-state index in [0.29, 0.717) is 59.5 Å². The minimum Gasteiger partial charge on any atom is -0.493 e. The van der Waals surface area contributed by atoms with Crippen molar-refractivity contribution >= 4 is 35.1 Å². The van der Waals surface area contributed by atoms with Crippen LogP contribution in [-0.2, 0) is 4.79 Å². The van der Waals surface area contributed by atoms with Crippen LogP contribution in [0, 0.1) is 5.82 Å². The molecule has 164 valence electrons. The zero-order chi connectivity index (χ0) is 22.5. The Morgan fingerprint density at radius 1 is 1.06 bits per heavy atom. The molecule has 1 heterocycles. The molecule has 31 heavy (non-hydrogen) atoms. The van der Waals surface area contributed by atoms with Gasteiger partial charge in [0.05, 0.1) is 24.9 Å². The molecule has 1 aliphatic heterocycles. The Morgan fingerprint density at radius 2 is 1.77 bits per heavy atom. The average molecular weight is 447 g/mol. The smallest absolute Gasteiger partial charge is 0.246 e. The molecular weight excluding hydrogens is 423 g/mol. The molecule has 1 saturated heterocycles. The molecule has 1 amide bonds. The fourth-order valence-corrected chi connectivity index (χ4v) is 3.75. The predicted octanol–water partition coefficient (Wildman–Crippen LogP) is 4.06. The number of amides is 1. The molecule has 0 unspecified atom stereocenters. The monoisotopic (exact) mass is 446 g/mol. The van der Waals surface area contributed by atoms with Gasteiger partial charge in [0.15, 0.2) is 17.3 Å². The number of methoxy groups -OCH3 is 2. The second-order valence-electron chi connectivity index (χ2n) is 7.11. The fourth-order valence-electron chi connectivity index (χ4n) is 3.46. The highest BCUT2D eigenvalue weighted by Gasteiger charge is 2.22. The Kier molecular flexibility index (Phi) is 7.17. The van der Waals surface area contributed by atoms with Crippen molar-refractivity contribution in [2.45, 2.75) is 6.92 Å². The minimum absolute atomic E-state index is 0.141. The van der Waals surface area contributed by atoms with Crippen molar-refractivity contribution in [2.75, 3.05) is 45.3 Å². The van der Waals surface area contributed by atoms with Crippen molar-refractivity contribution in [3.63, 3.8) is 0 Å². The van der Waals surface area contributed by atoms with E-state index in [0.717, 1.165) is 0 Å². The normalized spacial score (nSPS) is 14.1. The summed E-state index contributed by atoms with van der Waals surface area (Å²) in [6.45, 7) is 3.33. The topological polar surface area (TPSA) is 59.1 Å². The van der Waals surface area contributed by atoms with Gasteiger partial charge in [-0.3, -0.25) is 9.59 Å². The number of carbonyl (C=O) groups excluding carboxylic acids is 2. The lowest BCUT2D eigenvalue weighted by Crippen LogP contribution is -2.48. The zero-order valence-electron chi connectivity index (χ0n) is 17.7. The Bertz CT molecular complexity index is 1020. The van der Waals surface area contributed by atoms with Gasteiger partial charge >= 0.3 is 0 Å². The number of halogens is 2. The number of ether oxygens (including phenoxy) is 2. The molecule has 0 aromatic heterocycles. The maximum Gasteiger partial charge on any atom is 0.246 e. The first-order valence-corrected chi connectivity index (χ1v) is 10.2. The SMILES string of the molecule is COc1cc(/C=C/C(=O)N2CCN(c3ccc(C(C)=O)cc3F)CC2)cc(Cl)c1OC. The van der Waals surface area contributed by atoms with Crippen LogP contribution in [0.25, 0.3) is 6.08 Å². The van der Waals surface area contributed by atoms with Crippen LogP contribution in [0.3, 0.4) is 0 Å². The molecular formula is C23H24ClFN2O4. The molecule has 6 nitrogen and oxygen atoms in total. The van der Waals surface area contributed by atoms with Crippen molar-refractivity contribution in [1.82, 2.24) is 4.90 Å². The summed E-state index contributed by atoms with van der Waals surface area (Å²) in [5, 5.41) is 0.389. The molecule has 2 aromatic carbocycles. The summed E-state index contributed by atoms with van der Waals surface area (Å²) in [6, 6.07) is 7.92. The van der Waals surface area contributed by atoms with Crippen LogP contribution in [0.4, 0.5) is 10.1 Å². The molecule has 3 rings (SSSR count). The number of carbonyl (C=O) groups is 2. The molecule has 1 fully saturated rings. The van der Waals surface area contributed by atoms with Crippen molar-refractivity contribution < 1.29 is 23.5 Å². The van der Waals surface area contributed by atoms with Crippen LogP contribution in [0.15, 0.2) is 36.4 Å². The first-order chi connectivity index (χ1) is 14.8. The number of hydrogen-bond acceptors (Lipinski definition) is 5. The highest BCUT2D eigenvalue weighted by atomic mass is 35.5. The highest BCUT2D eigenvalue weighted by molar-refractivity contribution is 6.32. The van der Waals surface area contributed by atoms with E-state index in [1.165, 1.54) is 33.3 Å². The summed E-state index contributed by atoms with van der Waals surface area (Å²) in [7, 11) is 3.02. The Labute approximate surface area is 185 Å². The fraction of sp³-hybridized carbons (Fsp3) is 0.304. The molecule has 0 atom stereocenters. The lowest BCUT2D eigenvalue weighted by atomic mass is 10.1. The number of benzene rings is 2. The summed E-state index contributed by atoms with van der Waals surface area (Å²) < 4.78 is 24.9. The number of ketones is 1. The summed E-state index contributed by atoms with van der Waals surface area (Å²) in [6.07, 6.45) is 3.15. The van der Waals surface area contributed by atoms with Gasteiger partial charge in [-0.2, -0.15) is 0 Å². The van der Waals surface area contributed by atoms with Crippen molar-refractivity contribution in [3.05, 3.63) is 58.4 Å². The van der Waals surface area contributed by atoms with E-state index < -0.39 is 5.82 Å². The summed E-state index contributed by atoms with van der Waals surface area (Å²) in [5.74, 6) is 0.167. The Balaban J connectivity index is 1.63. The van der Waals surface area contributed by atoms with E-state index >= 15 is 0 Å². The van der Waals surface area contributed by atoms with Crippen LogP contribution < -0.4 is 14.4 Å². The first-order valence-electron chi connectivity index (χ1n) is 9.78. The first kappa shape index (κ1) is 22.6. The van der Waals surface area contributed by atoms with Gasteiger partial charge in [0.25, 0.3) is 0 Å². The van der Waals surface area contributed by atoms with Crippen LogP contribution in [0.2, 0.25) is 5.02 Å². The van der Waals surface area contributed by atoms with Gasteiger partial charge in [-0.05, 0) is 48.9 Å². The van der Waals surface area contributed by atoms with E-state index in [1.807, 2.05) is 4.90 Å². The number of hydrogen-bond donors (Lipinski definition) is 0. The summed E-state index contributed by atoms with van der Waals surface area (Å²) >= 11 is 6.20. The van der Waals surface area contributed by atoms with Gasteiger partial charge < -0.3 is 19.3 Å². The van der Waals surface area contributed by atoms with Gasteiger partial charge in [-0.25, -0.2) is 4.39 Å². The largest absolute Gasteiger partial charge is 0.493 e. The minimum atomic E-state index is -0.433. The molecule has 0 spiro atoms. The molecule has 0 radical (unpaired) electrons. The van der Waals surface area contributed by atoms with Gasteiger partial charge in [-0.15, -0.1) is 0 Å². The second kappa shape index (κ2) is 9.83. The second-order valence-corrected chi connectivity index (χ2v) is 7.51. The Morgan fingerprint density at radius 3 is 2.35 bits per heavy atom. The van der Waals surface area contributed by atoms with Gasteiger partial charge in [0, 0.05) is 37.8 Å². The van der Waals surface area contributed by atoms with E-state index in [9.17, 15) is 14.0 Å². The van der Waals surface area contributed by atoms with Crippen LogP contribution >= 0.6 is 11.6 Å². The predicted molar refractivity (Wildman–Crippen MR) is 119 cm³/mol. The average Bonchev–Trinajstić information content (AvgIpc) is 2.77. The number of nitrogens with zero attached hydrogens (tertiary/aromatic N) is 2. The third-order valence-electron chi connectivity index (χ3n) is 5.16. The maximum atomic E-state index is 14.4. The summed E-state index contributed by atoms with van der Waals surface area (Å²) in [4.78, 5) is 27.6. The standard InChI is InChI=1S/C23H24ClFN2O4/c1-15(28)17-5-6-20(19(25)14-17)26-8-10-27(11-9-26)22(29)7-4-16-12-18(24)23(31-3)21(13-16)30-2/h4-7,12-14H,8-11H2,1-3H3/b7-4+. The molecule has 1 aliphatic rings. The molecule has 0 bridgehead atoms. The highest BCUT2D eigenvalue weighted by Crippen LogP contribution is 2.36. The number of piperazine rings is 1. The van der Waals surface area contributed by atoms with E-state index in [-0.39, 0.29) is 11.7 Å². The van der Waals surface area contributed by atoms with E-state index in [2.05, 4.69) is 0 Å². The van der Waals surface area contributed by atoms with Gasteiger partial charge in [0.1, 0.15) is 5.82 Å². The molecule has 0 N–H and O–H groups in total. The molecule has 0 aliphatic carbocycles. The lowest BCUT2D eigenvalue weighted by Gasteiger charge is -2.35. The number of Topliss-reactive ketones (excluding diaryl/α,β-unsaturated/α-hetero) is 1. The molecule has 2 aromatic rings. The maximum absolute atomic E-state index is 14.4. The molecule has 8 heteroatoms. The van der Waals surface area contributed by atoms with Crippen molar-refractivity contribution in [2.24, 2.45) is 0 Å². The number of rotatable bonds is 6. The quantitative estimate of drug-likeness (QED) is 0.494. The molecule has 0 saturated carbocycles. The van der Waals surface area contributed by atoms with Crippen molar-refractivity contribution in [1.29, 1.82) is 0 Å². The van der Waals surface area contributed by atoms with Gasteiger partial charge in [-0.1, -0.05) is 11.6 Å². The number of anilines is 1. The lowest BCUT2D eigenvalue weighted by molar-refractivity contribution is -0.126. The third-order valence-corrected chi connectivity index (χ3v) is 5.44. The Hall–Kier alpha value is -3.06. The van der Waals surface area contributed by atoms with Gasteiger partial charge in [0.2, 0.25) is 5.91 Å². The van der Waals surface area contributed by atoms with Crippen molar-refractivity contribution in [3.8, 4) is 11.5 Å². The van der Waals surface area contributed by atoms with E-state index in [1.54, 1.807) is 35.2 Å².